The first kappa shape index (κ1) is 43.5. The summed E-state index contributed by atoms with van der Waals surface area (Å²) in [6.07, 6.45) is -1.80. The number of hydrogen-bond donors (Lipinski definition) is 4. The molecular formula is C39H46N10O13. The van der Waals surface area contributed by atoms with Gasteiger partial charge in [0.05, 0.1) is 25.4 Å². The number of rotatable bonds is 17. The fraction of sp³-hybridized carbons (Fsp3) is 0.487. The highest BCUT2D eigenvalue weighted by Gasteiger charge is 2.41. The molecule has 5 aromatic rings. The topological polar surface area (TPSA) is 284 Å². The number of para-hydroxylation sites is 1. The van der Waals surface area contributed by atoms with E-state index in [1.54, 1.807) is 52.0 Å². The molecule has 1 aromatic carbocycles. The van der Waals surface area contributed by atoms with Crippen molar-refractivity contribution >= 4 is 58.0 Å². The van der Waals surface area contributed by atoms with Gasteiger partial charge in [-0.25, -0.2) is 14.8 Å². The van der Waals surface area contributed by atoms with Crippen LogP contribution in [-0.4, -0.2) is 114 Å². The Bertz CT molecular complexity index is 2530. The molecule has 2 aliphatic heterocycles. The number of benzene rings is 1. The van der Waals surface area contributed by atoms with Crippen LogP contribution < -0.4 is 26.5 Å². The number of nitrogens with zero attached hydrogens (tertiary/aromatic N) is 6. The number of aromatic amines is 2. The summed E-state index contributed by atoms with van der Waals surface area (Å²) < 4.78 is 44.3. The van der Waals surface area contributed by atoms with E-state index in [9.17, 15) is 28.8 Å². The van der Waals surface area contributed by atoms with Crippen LogP contribution in [0.3, 0.4) is 0 Å². The van der Waals surface area contributed by atoms with E-state index in [4.69, 9.17) is 33.2 Å². The third-order valence-electron chi connectivity index (χ3n) is 9.86. The predicted octanol–water partition coefficient (Wildman–Crippen LogP) is 1.93. The number of amides is 2. The number of ether oxygens (including phenoxy) is 7. The van der Waals surface area contributed by atoms with Crippen molar-refractivity contribution in [3.05, 3.63) is 63.7 Å². The fourth-order valence-electron chi connectivity index (χ4n) is 6.62. The van der Waals surface area contributed by atoms with E-state index in [1.807, 2.05) is 6.07 Å². The summed E-state index contributed by atoms with van der Waals surface area (Å²) in [6, 6.07) is 8.74. The monoisotopic (exact) mass is 862 g/mol. The van der Waals surface area contributed by atoms with Gasteiger partial charge >= 0.3 is 11.9 Å². The highest BCUT2D eigenvalue weighted by atomic mass is 16.7. The lowest BCUT2D eigenvalue weighted by Gasteiger charge is -2.21. The number of carbonyl (C=O) groups is 4. The summed E-state index contributed by atoms with van der Waals surface area (Å²) in [6.45, 7) is 7.04. The van der Waals surface area contributed by atoms with Crippen LogP contribution in [0.1, 0.15) is 59.9 Å². The van der Waals surface area contributed by atoms with Gasteiger partial charge in [-0.1, -0.05) is 45.9 Å². The Morgan fingerprint density at radius 2 is 1.32 bits per heavy atom. The van der Waals surface area contributed by atoms with E-state index >= 15 is 0 Å². The molecule has 6 atom stereocenters. The minimum atomic E-state index is -0.872. The maximum Gasteiger partial charge on any atom is 0.344 e. The number of anilines is 2. The Morgan fingerprint density at radius 1 is 0.790 bits per heavy atom. The number of hydrogen-bond acceptors (Lipinski definition) is 17. The van der Waals surface area contributed by atoms with Gasteiger partial charge in [-0.05, 0) is 12.1 Å². The number of nitrogens with one attached hydrogen (secondary N) is 4. The zero-order chi connectivity index (χ0) is 44.1. The molecule has 23 nitrogen and oxygen atoms in total. The van der Waals surface area contributed by atoms with E-state index in [2.05, 4.69) is 40.5 Å². The molecule has 4 N–H and O–H groups in total. The average Bonchev–Trinajstić information content (AvgIpc) is 4.04. The number of fused-ring (bicyclic) bond motifs is 2. The van der Waals surface area contributed by atoms with Gasteiger partial charge < -0.3 is 33.2 Å². The number of imidazole rings is 2. The van der Waals surface area contributed by atoms with Crippen LogP contribution in [0, 0.1) is 11.8 Å². The third-order valence-corrected chi connectivity index (χ3v) is 9.86. The van der Waals surface area contributed by atoms with E-state index in [1.165, 1.54) is 28.7 Å². The number of esters is 2. The summed E-state index contributed by atoms with van der Waals surface area (Å²) in [7, 11) is 0. The first-order chi connectivity index (χ1) is 29.7. The molecule has 2 fully saturated rings. The van der Waals surface area contributed by atoms with E-state index in [0.29, 0.717) is 5.75 Å². The van der Waals surface area contributed by atoms with Crippen LogP contribution in [-0.2, 0) is 47.6 Å². The molecule has 2 saturated heterocycles. The summed E-state index contributed by atoms with van der Waals surface area (Å²) in [5.41, 5.74) is -0.873. The Labute approximate surface area is 351 Å². The van der Waals surface area contributed by atoms with Crippen LogP contribution in [0.5, 0.6) is 5.75 Å². The van der Waals surface area contributed by atoms with Gasteiger partial charge in [0, 0.05) is 31.6 Å². The van der Waals surface area contributed by atoms with Gasteiger partial charge in [-0.15, -0.1) is 0 Å². The van der Waals surface area contributed by atoms with E-state index in [-0.39, 0.29) is 97.3 Å². The summed E-state index contributed by atoms with van der Waals surface area (Å²) in [4.78, 5) is 97.5. The van der Waals surface area contributed by atoms with Crippen molar-refractivity contribution in [3.8, 4) is 5.75 Å². The standard InChI is InChI=1S/C39H46N10O13/c1-19(2)34(52)44-38-42-32-30(36(54)46-38)40-16-48(32)27-11-23(26(61-27)14-57-21(5)50)59-18-56-13-25-24(62-29(51)15-58-22-9-7-6-8-10-22)12-28(60-25)49-17-41-31-33(49)43-39(47-37(31)55)45-35(53)20(3)4/h6-10,16-17,19-20,23-28H,11-15,18H2,1-5H3,(H2,42,44,46,52,54)(H2,43,45,47,53,55)/t23-,24-,25+,26+,27+,28+/m0/s1. The van der Waals surface area contributed by atoms with Gasteiger partial charge in [0.15, 0.2) is 28.9 Å². The predicted molar refractivity (Wildman–Crippen MR) is 214 cm³/mol. The fourth-order valence-corrected chi connectivity index (χ4v) is 6.62. The zero-order valence-electron chi connectivity index (χ0n) is 34.4. The molecule has 0 saturated carbocycles. The van der Waals surface area contributed by atoms with Crippen molar-refractivity contribution in [2.45, 2.75) is 84.3 Å². The minimum absolute atomic E-state index is 0.000876. The van der Waals surface area contributed by atoms with Crippen LogP contribution in [0.4, 0.5) is 11.9 Å². The summed E-state index contributed by atoms with van der Waals surface area (Å²) in [5.74, 6) is -2.33. The lowest BCUT2D eigenvalue weighted by Crippen LogP contribution is -2.34. The Balaban J connectivity index is 1.05. The van der Waals surface area contributed by atoms with E-state index < -0.39 is 59.9 Å². The minimum Gasteiger partial charge on any atom is -0.482 e. The van der Waals surface area contributed by atoms with Crippen molar-refractivity contribution in [3.63, 3.8) is 0 Å². The van der Waals surface area contributed by atoms with Gasteiger partial charge in [-0.3, -0.25) is 53.7 Å². The first-order valence-corrected chi connectivity index (χ1v) is 19.8. The smallest absolute Gasteiger partial charge is 0.344 e. The molecule has 23 heteroatoms. The highest BCUT2D eigenvalue weighted by molar-refractivity contribution is 5.91. The number of H-pyrrole nitrogens is 2. The Morgan fingerprint density at radius 3 is 1.85 bits per heavy atom. The van der Waals surface area contributed by atoms with Gasteiger partial charge in [0.25, 0.3) is 11.1 Å². The maximum atomic E-state index is 13.1. The molecule has 2 aliphatic rings. The maximum absolute atomic E-state index is 13.1. The molecule has 2 amide bonds. The largest absolute Gasteiger partial charge is 0.482 e. The molecule has 0 radical (unpaired) electrons. The van der Waals surface area contributed by atoms with Crippen molar-refractivity contribution in [1.29, 1.82) is 0 Å². The second-order valence-electron chi connectivity index (χ2n) is 15.1. The van der Waals surface area contributed by atoms with Crippen LogP contribution >= 0.6 is 0 Å². The van der Waals surface area contributed by atoms with Gasteiger partial charge in [-0.2, -0.15) is 9.97 Å². The lowest BCUT2D eigenvalue weighted by atomic mass is 10.2. The molecule has 7 rings (SSSR count). The van der Waals surface area contributed by atoms with Crippen molar-refractivity contribution < 1.29 is 52.3 Å². The molecule has 0 spiro atoms. The first-order valence-electron chi connectivity index (χ1n) is 19.8. The Kier molecular flexibility index (Phi) is 13.3. The van der Waals surface area contributed by atoms with Crippen molar-refractivity contribution in [1.82, 2.24) is 39.0 Å². The molecule has 0 bridgehead atoms. The quantitative estimate of drug-likeness (QED) is 0.0590. The van der Waals surface area contributed by atoms with Crippen LogP contribution in [0.2, 0.25) is 0 Å². The normalized spacial score (nSPS) is 21.1. The van der Waals surface area contributed by atoms with Crippen LogP contribution in [0.15, 0.2) is 52.6 Å². The SMILES string of the molecule is CC(=O)OC[C@H]1O[C@@H](n2cnc3c(=O)[nH]c(NC(=O)C(C)C)nc32)C[C@@H]1OCOC[C@H]1O[C@@H](n2cnc3c(=O)[nH]c(NC(=O)C(C)C)nc32)C[C@@H]1OC(=O)COc1ccccc1. The number of carbonyl (C=O) groups excluding carboxylic acids is 4. The number of aromatic nitrogens is 8. The summed E-state index contributed by atoms with van der Waals surface area (Å²) in [5, 5.41) is 5.17. The summed E-state index contributed by atoms with van der Waals surface area (Å²) >= 11 is 0. The third kappa shape index (κ3) is 10.1. The van der Waals surface area contributed by atoms with Gasteiger partial charge in [0.1, 0.15) is 49.9 Å². The molecule has 4 aromatic heterocycles. The molecule has 0 aliphatic carbocycles. The lowest BCUT2D eigenvalue weighted by molar-refractivity contribution is -0.164. The Hall–Kier alpha value is -6.56. The highest BCUT2D eigenvalue weighted by Crippen LogP contribution is 2.35. The molecule has 330 valence electrons. The molecule has 62 heavy (non-hydrogen) atoms. The van der Waals surface area contributed by atoms with E-state index in [0.717, 1.165) is 0 Å². The molecule has 6 heterocycles. The second-order valence-corrected chi connectivity index (χ2v) is 15.1. The zero-order valence-corrected chi connectivity index (χ0v) is 34.4. The van der Waals surface area contributed by atoms with Crippen molar-refractivity contribution in [2.24, 2.45) is 11.8 Å². The average molecular weight is 863 g/mol. The molecular weight excluding hydrogens is 816 g/mol. The molecule has 0 unspecified atom stereocenters. The van der Waals surface area contributed by atoms with Gasteiger partial charge in [0.2, 0.25) is 23.7 Å². The second kappa shape index (κ2) is 19.0. The van der Waals surface area contributed by atoms with Crippen LogP contribution in [0.25, 0.3) is 22.3 Å². The van der Waals surface area contributed by atoms with Crippen molar-refractivity contribution in [2.75, 3.05) is 37.2 Å².